The molecule has 3 atom stereocenters. The zero-order chi connectivity index (χ0) is 50.8. The van der Waals surface area contributed by atoms with Gasteiger partial charge >= 0.3 is 0 Å². The fourth-order valence-electron chi connectivity index (χ4n) is 8.65. The Labute approximate surface area is 420 Å². The molecule has 0 spiro atoms. The van der Waals surface area contributed by atoms with Gasteiger partial charge in [0, 0.05) is 32.4 Å². The largest absolute Gasteiger partial charge is 0.368 e. The van der Waals surface area contributed by atoms with Crippen LogP contribution >= 0.6 is 0 Å². The third-order valence-electron chi connectivity index (χ3n) is 13.1. The van der Waals surface area contributed by atoms with Gasteiger partial charge in [0.25, 0.3) is 0 Å². The van der Waals surface area contributed by atoms with Crippen molar-refractivity contribution in [1.29, 1.82) is 0 Å². The predicted octanol–water partition coefficient (Wildman–Crippen LogP) is 8.27. The summed E-state index contributed by atoms with van der Waals surface area (Å²) in [6.45, 7) is 5.14. The van der Waals surface area contributed by atoms with Gasteiger partial charge < -0.3 is 49.5 Å². The highest BCUT2D eigenvalue weighted by Crippen LogP contribution is 2.14. The molecule has 0 bridgehead atoms. The molecule has 0 heterocycles. The number of hydrogen-bond donors (Lipinski definition) is 9. The zero-order valence-electron chi connectivity index (χ0n) is 44.1. The monoisotopic (exact) mass is 978 g/mol. The fourth-order valence-corrected chi connectivity index (χ4v) is 8.65. The van der Waals surface area contributed by atoms with E-state index in [4.69, 9.17) is 22.9 Å². The van der Waals surface area contributed by atoms with Crippen LogP contribution in [-0.4, -0.2) is 86.3 Å². The number of nitrogens with two attached hydrogens (primary N) is 4. The van der Waals surface area contributed by atoms with Gasteiger partial charge in [0.2, 0.25) is 35.4 Å². The van der Waals surface area contributed by atoms with Crippen molar-refractivity contribution >= 4 is 35.4 Å². The molecule has 13 N–H and O–H groups in total. The molecule has 0 saturated carbocycles. The van der Waals surface area contributed by atoms with E-state index in [1.807, 2.05) is 0 Å². The molecule has 0 aromatic carbocycles. The number of hydrogen-bond acceptors (Lipinski definition) is 9. The Morgan fingerprint density at radius 2 is 0.652 bits per heavy atom. The van der Waals surface area contributed by atoms with Gasteiger partial charge in [-0.05, 0) is 110 Å². The lowest BCUT2D eigenvalue weighted by Gasteiger charge is -2.23. The molecule has 404 valence electrons. The van der Waals surface area contributed by atoms with Gasteiger partial charge in [-0.1, -0.05) is 148 Å². The van der Waals surface area contributed by atoms with Crippen molar-refractivity contribution < 1.29 is 28.8 Å². The average Bonchev–Trinajstić information content (AvgIpc) is 3.33. The molecule has 0 radical (unpaired) electrons. The molecule has 15 nitrogen and oxygen atoms in total. The molecule has 0 fully saturated rings. The minimum absolute atomic E-state index is 0.106. The molecule has 0 rings (SSSR count). The van der Waals surface area contributed by atoms with Crippen LogP contribution in [0.2, 0.25) is 0 Å². The fraction of sp³-hybridized carbons (Fsp3) is 0.889. The molecular weight excluding hydrogens is 871 g/mol. The Kier molecular flexibility index (Phi) is 47.3. The Bertz CT molecular complexity index is 1270. The summed E-state index contributed by atoms with van der Waals surface area (Å²) in [6, 6.07) is -1.96. The minimum Gasteiger partial charge on any atom is -0.368 e. The van der Waals surface area contributed by atoms with Crippen molar-refractivity contribution in [1.82, 2.24) is 26.6 Å². The predicted molar refractivity (Wildman–Crippen MR) is 284 cm³/mol. The van der Waals surface area contributed by atoms with Crippen molar-refractivity contribution in [3.63, 3.8) is 0 Å². The highest BCUT2D eigenvalue weighted by atomic mass is 16.2. The highest BCUT2D eigenvalue weighted by Gasteiger charge is 2.26. The highest BCUT2D eigenvalue weighted by molar-refractivity contribution is 5.92. The van der Waals surface area contributed by atoms with Gasteiger partial charge in [0.1, 0.15) is 18.1 Å². The lowest BCUT2D eigenvalue weighted by atomic mass is 10.0. The molecular formula is C54H107N9O6. The summed E-state index contributed by atoms with van der Waals surface area (Å²) >= 11 is 0. The van der Waals surface area contributed by atoms with Gasteiger partial charge in [0.15, 0.2) is 0 Å². The van der Waals surface area contributed by atoms with Crippen LogP contribution in [-0.2, 0) is 28.8 Å². The third kappa shape index (κ3) is 43.2. The summed E-state index contributed by atoms with van der Waals surface area (Å²) in [5.41, 5.74) is 22.4. The number of nitrogens with one attached hydrogen (secondary N) is 5. The molecule has 0 aliphatic carbocycles. The smallest absolute Gasteiger partial charge is 0.243 e. The first-order valence-electron chi connectivity index (χ1n) is 28.4. The maximum Gasteiger partial charge on any atom is 0.243 e. The number of amides is 6. The van der Waals surface area contributed by atoms with Crippen molar-refractivity contribution in [3.05, 3.63) is 0 Å². The maximum absolute atomic E-state index is 13.5. The number of carbonyl (C=O) groups excluding carboxylic acids is 6. The van der Waals surface area contributed by atoms with Crippen molar-refractivity contribution in [2.75, 3.05) is 32.7 Å². The van der Waals surface area contributed by atoms with Crippen molar-refractivity contribution in [3.8, 4) is 0 Å². The average molecular weight is 979 g/mol. The molecule has 6 amide bonds. The van der Waals surface area contributed by atoms with Crippen LogP contribution in [0.5, 0.6) is 0 Å². The number of rotatable bonds is 52. The van der Waals surface area contributed by atoms with E-state index in [0.717, 1.165) is 148 Å². The van der Waals surface area contributed by atoms with E-state index in [-0.39, 0.29) is 29.5 Å². The third-order valence-corrected chi connectivity index (χ3v) is 13.1. The summed E-state index contributed by atoms with van der Waals surface area (Å²) in [6.07, 6.45) is 37.5. The first kappa shape index (κ1) is 65.7. The van der Waals surface area contributed by atoms with Gasteiger partial charge in [-0.2, -0.15) is 0 Å². The molecule has 0 aromatic heterocycles. The summed E-state index contributed by atoms with van der Waals surface area (Å²) in [4.78, 5) is 75.7. The summed E-state index contributed by atoms with van der Waals surface area (Å²) in [5.74, 6) is -1.05. The van der Waals surface area contributed by atoms with E-state index in [1.165, 1.54) is 70.6 Å². The van der Waals surface area contributed by atoms with Gasteiger partial charge in [0.05, 0.1) is 0 Å². The quantitative estimate of drug-likeness (QED) is 0.0265. The first-order valence-corrected chi connectivity index (χ1v) is 28.4. The second kappa shape index (κ2) is 49.7. The molecule has 0 aliphatic rings. The van der Waals surface area contributed by atoms with Gasteiger partial charge in [-0.3, -0.25) is 28.8 Å². The number of carbonyl (C=O) groups is 6. The second-order valence-electron chi connectivity index (χ2n) is 19.6. The Hall–Kier alpha value is -3.30. The molecule has 15 heteroatoms. The van der Waals surface area contributed by atoms with Gasteiger partial charge in [-0.15, -0.1) is 0 Å². The van der Waals surface area contributed by atoms with Crippen molar-refractivity contribution in [2.45, 2.75) is 275 Å². The molecule has 0 aliphatic heterocycles. The lowest BCUT2D eigenvalue weighted by Crippen LogP contribution is -2.53. The lowest BCUT2D eigenvalue weighted by molar-refractivity contribution is -0.132. The van der Waals surface area contributed by atoms with Crippen LogP contribution in [0.3, 0.4) is 0 Å². The van der Waals surface area contributed by atoms with E-state index >= 15 is 0 Å². The number of unbranched alkanes of at least 4 members (excludes halogenated alkanes) is 27. The van der Waals surface area contributed by atoms with E-state index < -0.39 is 24.0 Å². The topological polar surface area (TPSA) is 267 Å². The Balaban J connectivity index is 4.08. The van der Waals surface area contributed by atoms with Gasteiger partial charge in [-0.25, -0.2) is 0 Å². The second-order valence-corrected chi connectivity index (χ2v) is 19.6. The SMILES string of the molecule is CCCCCCCCCCCC(=O)NC(CCCCN)C(=O)NC(CCCCN)C(=O)NCCCCCCCCCCCC(=O)NCCCCCCCCCCCC(=O)NC(CCCCN)C(N)=O. The van der Waals surface area contributed by atoms with E-state index in [1.54, 1.807) is 0 Å². The minimum atomic E-state index is -0.691. The standard InChI is InChI=1S/C54H107N9O6/c1-2-3-4-5-6-9-15-21-26-40-51(66)62-48(37-29-32-43-57)54(69)63-47(36-28-31-42-56)53(68)60-45-34-23-18-13-7-10-14-19-24-38-49(64)59-44-33-22-17-12-8-11-16-20-25-39-50(65)61-46(52(58)67)35-27-30-41-55/h46-48H,2-45,55-57H2,1H3,(H2,58,67)(H,59,64)(H,60,68)(H,61,65)(H,62,66)(H,63,69). The van der Waals surface area contributed by atoms with Crippen LogP contribution in [0, 0.1) is 0 Å². The Morgan fingerprint density at radius 1 is 0.333 bits per heavy atom. The number of primary amides is 1. The molecule has 0 saturated heterocycles. The Morgan fingerprint density at radius 3 is 1.04 bits per heavy atom. The maximum atomic E-state index is 13.5. The summed E-state index contributed by atoms with van der Waals surface area (Å²) in [7, 11) is 0. The molecule has 0 aromatic rings. The molecule has 3 unspecified atom stereocenters. The van der Waals surface area contributed by atoms with E-state index in [9.17, 15) is 28.8 Å². The van der Waals surface area contributed by atoms with E-state index in [2.05, 4.69) is 33.5 Å². The van der Waals surface area contributed by atoms with Crippen LogP contribution in [0.15, 0.2) is 0 Å². The van der Waals surface area contributed by atoms with Crippen molar-refractivity contribution in [2.24, 2.45) is 22.9 Å². The van der Waals surface area contributed by atoms with Crippen LogP contribution in [0.1, 0.15) is 257 Å². The van der Waals surface area contributed by atoms with Crippen LogP contribution in [0.25, 0.3) is 0 Å². The van der Waals surface area contributed by atoms with E-state index in [0.29, 0.717) is 64.7 Å². The summed E-state index contributed by atoms with van der Waals surface area (Å²) < 4.78 is 0. The van der Waals surface area contributed by atoms with Crippen LogP contribution in [0.4, 0.5) is 0 Å². The normalized spacial score (nSPS) is 12.5. The molecule has 69 heavy (non-hydrogen) atoms. The first-order chi connectivity index (χ1) is 33.6. The van der Waals surface area contributed by atoms with Crippen LogP contribution < -0.4 is 49.5 Å². The zero-order valence-corrected chi connectivity index (χ0v) is 44.1. The summed E-state index contributed by atoms with van der Waals surface area (Å²) in [5, 5.41) is 14.8.